The molecule has 0 saturated heterocycles. The van der Waals surface area contributed by atoms with Crippen molar-refractivity contribution in [3.8, 4) is 5.75 Å². The second kappa shape index (κ2) is 7.32. The highest BCUT2D eigenvalue weighted by molar-refractivity contribution is 6.30. The van der Waals surface area contributed by atoms with E-state index in [9.17, 15) is 14.7 Å². The molecule has 6 heteroatoms. The van der Waals surface area contributed by atoms with Gasteiger partial charge in [-0.1, -0.05) is 37.1 Å². The largest absolute Gasteiger partial charge is 0.506 e. The quantitative estimate of drug-likeness (QED) is 0.696. The number of halogens is 1. The summed E-state index contributed by atoms with van der Waals surface area (Å²) in [5.41, 5.74) is 1.79. The Balaban J connectivity index is 1.87. The van der Waals surface area contributed by atoms with Crippen LogP contribution in [0.5, 0.6) is 5.75 Å². The predicted molar refractivity (Wildman–Crippen MR) is 112 cm³/mol. The summed E-state index contributed by atoms with van der Waals surface area (Å²) in [4.78, 5) is 28.1. The first kappa shape index (κ1) is 18.6. The first-order valence-corrected chi connectivity index (χ1v) is 9.85. The summed E-state index contributed by atoms with van der Waals surface area (Å²) in [5, 5.41) is 12.0. The third-order valence-corrected chi connectivity index (χ3v) is 5.53. The molecule has 0 spiro atoms. The minimum atomic E-state index is -0.485. The SMILES string of the molecule is CCCCN(C(=O)c1c(O)c2cccc3c2n(c1=O)CC3)c1ccc(Cl)cc1. The fourth-order valence-electron chi connectivity index (χ4n) is 3.83. The molecule has 5 nitrogen and oxygen atoms in total. The number of para-hydroxylation sites is 1. The van der Waals surface area contributed by atoms with Gasteiger partial charge in [0.1, 0.15) is 11.3 Å². The van der Waals surface area contributed by atoms with Crippen LogP contribution in [0.15, 0.2) is 47.3 Å². The summed E-state index contributed by atoms with van der Waals surface area (Å²) >= 11 is 5.98. The minimum absolute atomic E-state index is 0.169. The number of hydrogen-bond acceptors (Lipinski definition) is 3. The van der Waals surface area contributed by atoms with Gasteiger partial charge < -0.3 is 14.6 Å². The zero-order chi connectivity index (χ0) is 19.8. The number of amides is 1. The van der Waals surface area contributed by atoms with Crippen molar-refractivity contribution in [1.29, 1.82) is 0 Å². The summed E-state index contributed by atoms with van der Waals surface area (Å²) in [7, 11) is 0. The number of aromatic hydroxyl groups is 1. The molecule has 0 unspecified atom stereocenters. The Hall–Kier alpha value is -2.79. The summed E-state index contributed by atoms with van der Waals surface area (Å²) in [5.74, 6) is -0.721. The zero-order valence-corrected chi connectivity index (χ0v) is 16.4. The number of nitrogens with zero attached hydrogens (tertiary/aromatic N) is 2. The Morgan fingerprint density at radius 3 is 2.68 bits per heavy atom. The van der Waals surface area contributed by atoms with Crippen LogP contribution in [-0.2, 0) is 13.0 Å². The number of anilines is 1. The third-order valence-electron chi connectivity index (χ3n) is 5.28. The molecule has 2 aromatic carbocycles. The van der Waals surface area contributed by atoms with Gasteiger partial charge in [-0.15, -0.1) is 0 Å². The Labute approximate surface area is 167 Å². The zero-order valence-electron chi connectivity index (χ0n) is 15.6. The fourth-order valence-corrected chi connectivity index (χ4v) is 3.96. The van der Waals surface area contributed by atoms with Crippen LogP contribution in [0.1, 0.15) is 35.7 Å². The summed E-state index contributed by atoms with van der Waals surface area (Å²) in [6, 6.07) is 12.5. The monoisotopic (exact) mass is 396 g/mol. The third kappa shape index (κ3) is 2.96. The van der Waals surface area contributed by atoms with E-state index in [2.05, 4.69) is 0 Å². The van der Waals surface area contributed by atoms with E-state index >= 15 is 0 Å². The van der Waals surface area contributed by atoms with Crippen LogP contribution in [0.3, 0.4) is 0 Å². The molecule has 1 aromatic heterocycles. The number of aromatic nitrogens is 1. The Kier molecular flexibility index (Phi) is 4.85. The minimum Gasteiger partial charge on any atom is -0.506 e. The van der Waals surface area contributed by atoms with E-state index in [1.807, 2.05) is 19.1 Å². The summed E-state index contributed by atoms with van der Waals surface area (Å²) in [6.45, 7) is 3.01. The van der Waals surface area contributed by atoms with Gasteiger partial charge in [0.15, 0.2) is 0 Å². The van der Waals surface area contributed by atoms with Crippen molar-refractivity contribution in [3.63, 3.8) is 0 Å². The predicted octanol–water partition coefficient (Wildman–Crippen LogP) is 4.36. The van der Waals surface area contributed by atoms with E-state index in [0.29, 0.717) is 29.2 Å². The van der Waals surface area contributed by atoms with Gasteiger partial charge >= 0.3 is 0 Å². The number of aryl methyl sites for hydroxylation is 2. The van der Waals surface area contributed by atoms with Gasteiger partial charge in [-0.05, 0) is 48.7 Å². The number of unbranched alkanes of at least 4 members (excludes halogenated alkanes) is 1. The maximum Gasteiger partial charge on any atom is 0.267 e. The molecular formula is C22H21ClN2O3. The van der Waals surface area contributed by atoms with Crippen molar-refractivity contribution in [3.05, 3.63) is 69.0 Å². The highest BCUT2D eigenvalue weighted by Gasteiger charge is 2.29. The molecule has 0 fully saturated rings. The first-order valence-electron chi connectivity index (χ1n) is 9.47. The van der Waals surface area contributed by atoms with E-state index in [4.69, 9.17) is 11.6 Å². The van der Waals surface area contributed by atoms with Crippen LogP contribution in [0, 0.1) is 0 Å². The van der Waals surface area contributed by atoms with Crippen LogP contribution in [0.4, 0.5) is 5.69 Å². The molecule has 2 heterocycles. The number of carbonyl (C=O) groups excluding carboxylic acids is 1. The van der Waals surface area contributed by atoms with E-state index in [1.54, 1.807) is 39.8 Å². The molecule has 1 amide bonds. The molecule has 0 saturated carbocycles. The number of pyridine rings is 1. The van der Waals surface area contributed by atoms with Gasteiger partial charge in [-0.2, -0.15) is 0 Å². The van der Waals surface area contributed by atoms with Crippen LogP contribution >= 0.6 is 11.6 Å². The lowest BCUT2D eigenvalue weighted by molar-refractivity contribution is 0.0982. The molecule has 0 atom stereocenters. The van der Waals surface area contributed by atoms with E-state index in [1.165, 1.54) is 0 Å². The Morgan fingerprint density at radius 2 is 1.96 bits per heavy atom. The molecule has 1 aliphatic rings. The van der Waals surface area contributed by atoms with Crippen molar-refractivity contribution >= 4 is 34.1 Å². The fraction of sp³-hybridized carbons (Fsp3) is 0.273. The number of hydrogen-bond donors (Lipinski definition) is 1. The highest BCUT2D eigenvalue weighted by atomic mass is 35.5. The molecule has 0 aliphatic carbocycles. The van der Waals surface area contributed by atoms with Gasteiger partial charge in [-0.3, -0.25) is 9.59 Å². The molecule has 1 aliphatic heterocycles. The van der Waals surface area contributed by atoms with Crippen molar-refractivity contribution in [2.24, 2.45) is 0 Å². The van der Waals surface area contributed by atoms with E-state index < -0.39 is 11.5 Å². The van der Waals surface area contributed by atoms with Crippen LogP contribution in [0.2, 0.25) is 5.02 Å². The maximum atomic E-state index is 13.4. The Morgan fingerprint density at radius 1 is 1.21 bits per heavy atom. The van der Waals surface area contributed by atoms with Crippen molar-refractivity contribution < 1.29 is 9.90 Å². The second-order valence-corrected chi connectivity index (χ2v) is 7.47. The van der Waals surface area contributed by atoms with Gasteiger partial charge in [-0.25, -0.2) is 0 Å². The standard InChI is InChI=1S/C22H21ClN2O3/c1-2-3-12-24(16-9-7-15(23)8-10-16)21(27)18-20(26)17-6-4-5-14-11-13-25(19(14)17)22(18)28/h4-10,26H,2-3,11-13H2,1H3. The number of carbonyl (C=O) groups is 1. The molecule has 28 heavy (non-hydrogen) atoms. The number of rotatable bonds is 5. The molecule has 3 aromatic rings. The van der Waals surface area contributed by atoms with Crippen molar-refractivity contribution in [2.75, 3.05) is 11.4 Å². The topological polar surface area (TPSA) is 62.5 Å². The Bertz CT molecular complexity index is 1120. The van der Waals surface area contributed by atoms with Gasteiger partial charge in [0.2, 0.25) is 0 Å². The molecular weight excluding hydrogens is 376 g/mol. The van der Waals surface area contributed by atoms with Crippen LogP contribution in [-0.4, -0.2) is 22.1 Å². The maximum absolute atomic E-state index is 13.4. The average molecular weight is 397 g/mol. The lowest BCUT2D eigenvalue weighted by atomic mass is 10.1. The van der Waals surface area contributed by atoms with Crippen LogP contribution in [0.25, 0.3) is 10.9 Å². The molecule has 1 N–H and O–H groups in total. The highest BCUT2D eigenvalue weighted by Crippen LogP contribution is 2.33. The van der Waals surface area contributed by atoms with E-state index in [0.717, 1.165) is 30.3 Å². The normalized spacial score (nSPS) is 12.5. The second-order valence-electron chi connectivity index (χ2n) is 7.03. The molecule has 0 radical (unpaired) electrons. The lowest BCUT2D eigenvalue weighted by Crippen LogP contribution is -2.37. The van der Waals surface area contributed by atoms with Gasteiger partial charge in [0.05, 0.1) is 5.52 Å². The number of benzene rings is 2. The van der Waals surface area contributed by atoms with Crippen LogP contribution < -0.4 is 10.5 Å². The van der Waals surface area contributed by atoms with Gasteiger partial charge in [0.25, 0.3) is 11.5 Å². The first-order chi connectivity index (χ1) is 13.5. The van der Waals surface area contributed by atoms with Gasteiger partial charge in [0, 0.05) is 29.2 Å². The molecule has 0 bridgehead atoms. The summed E-state index contributed by atoms with van der Waals surface area (Å²) in [6.07, 6.45) is 2.40. The van der Waals surface area contributed by atoms with Crippen molar-refractivity contribution in [2.45, 2.75) is 32.7 Å². The molecule has 144 valence electrons. The summed E-state index contributed by atoms with van der Waals surface area (Å²) < 4.78 is 1.61. The lowest BCUT2D eigenvalue weighted by Gasteiger charge is -2.23. The van der Waals surface area contributed by atoms with Crippen molar-refractivity contribution in [1.82, 2.24) is 4.57 Å². The average Bonchev–Trinajstić information content (AvgIpc) is 3.13. The molecule has 4 rings (SSSR count). The van der Waals surface area contributed by atoms with E-state index in [-0.39, 0.29) is 11.3 Å². The smallest absolute Gasteiger partial charge is 0.267 e.